The maximum absolute atomic E-state index is 13.0. The lowest BCUT2D eigenvalue weighted by molar-refractivity contribution is 0.0578. The van der Waals surface area contributed by atoms with Gasteiger partial charge in [-0.05, 0) is 56.7 Å². The molecule has 10 nitrogen and oxygen atoms in total. The highest BCUT2D eigenvalue weighted by Gasteiger charge is 2.42. The third-order valence-electron chi connectivity index (χ3n) is 6.11. The number of nitrogens with one attached hydrogen (secondary N) is 1. The number of methoxy groups -OCH3 is 1. The fourth-order valence-electron chi connectivity index (χ4n) is 4.39. The number of nitriles is 1. The predicted octanol–water partition coefficient (Wildman–Crippen LogP) is 6.15. The summed E-state index contributed by atoms with van der Waals surface area (Å²) in [6.45, 7) is 9.76. The van der Waals surface area contributed by atoms with Crippen LogP contribution in [0.2, 0.25) is 5.02 Å². The average molecular weight is 550 g/mol. The molecule has 0 aliphatic carbocycles. The van der Waals surface area contributed by atoms with Gasteiger partial charge in [-0.3, -0.25) is 4.90 Å². The topological polar surface area (TPSA) is 138 Å². The van der Waals surface area contributed by atoms with E-state index >= 15 is 0 Å². The fraction of sp³-hybridized carbons (Fsp3) is 0.321. The lowest BCUT2D eigenvalue weighted by atomic mass is 9.85. The summed E-state index contributed by atoms with van der Waals surface area (Å²) in [5.41, 5.74) is 2.04. The number of anilines is 3. The van der Waals surface area contributed by atoms with Crippen LogP contribution >= 0.6 is 11.6 Å². The smallest absolute Gasteiger partial charge is 0.414 e. The first kappa shape index (κ1) is 27.7. The van der Waals surface area contributed by atoms with Gasteiger partial charge in [0.15, 0.2) is 0 Å². The molecule has 2 aromatic carbocycles. The third kappa shape index (κ3) is 5.59. The summed E-state index contributed by atoms with van der Waals surface area (Å²) >= 11 is 6.15. The Morgan fingerprint density at radius 1 is 1.23 bits per heavy atom. The van der Waals surface area contributed by atoms with Crippen molar-refractivity contribution < 1.29 is 24.2 Å². The van der Waals surface area contributed by atoms with Gasteiger partial charge in [-0.25, -0.2) is 19.6 Å². The van der Waals surface area contributed by atoms with Crippen molar-refractivity contribution in [3.05, 3.63) is 58.2 Å². The van der Waals surface area contributed by atoms with Crippen molar-refractivity contribution in [1.82, 2.24) is 9.97 Å². The second-order valence-corrected chi connectivity index (χ2v) is 11.1. The Hall–Kier alpha value is -4.36. The number of carbonyl (C=O) groups excluding carboxylic acids is 1. The molecule has 202 valence electrons. The van der Waals surface area contributed by atoms with Crippen LogP contribution < -0.4 is 15.0 Å². The summed E-state index contributed by atoms with van der Waals surface area (Å²) in [6, 6.07) is 10.3. The molecule has 0 saturated heterocycles. The van der Waals surface area contributed by atoms with Gasteiger partial charge >= 0.3 is 12.1 Å². The number of aromatic carboxylic acids is 1. The molecule has 0 atom stereocenters. The first-order valence-corrected chi connectivity index (χ1v) is 12.4. The maximum atomic E-state index is 13.0. The third-order valence-corrected chi connectivity index (χ3v) is 6.43. The van der Waals surface area contributed by atoms with Crippen LogP contribution in [0.4, 0.5) is 22.1 Å². The van der Waals surface area contributed by atoms with Crippen LogP contribution in [-0.2, 0) is 10.2 Å². The SMILES string of the molecule is COc1cc(C(=O)O)c(Cl)cc1Nc1nccc(-c2cc(C#N)c3c(c2)C(C)(C)CN3C(=O)OC(C)(C)C)n1. The Kier molecular flexibility index (Phi) is 7.15. The van der Waals surface area contributed by atoms with Crippen LogP contribution in [0.25, 0.3) is 11.3 Å². The fourth-order valence-corrected chi connectivity index (χ4v) is 4.64. The molecule has 3 aromatic rings. The minimum atomic E-state index is -1.18. The van der Waals surface area contributed by atoms with Crippen molar-refractivity contribution in [2.75, 3.05) is 23.9 Å². The van der Waals surface area contributed by atoms with Crippen molar-refractivity contribution in [2.45, 2.75) is 45.6 Å². The minimum absolute atomic E-state index is 0.0241. The molecular formula is C28H28ClN5O5. The number of carbonyl (C=O) groups is 2. The number of rotatable bonds is 5. The van der Waals surface area contributed by atoms with Gasteiger partial charge in [0, 0.05) is 23.7 Å². The minimum Gasteiger partial charge on any atom is -0.495 e. The normalized spacial score (nSPS) is 13.8. The largest absolute Gasteiger partial charge is 0.495 e. The Morgan fingerprint density at radius 2 is 1.95 bits per heavy atom. The number of carboxylic acid groups (broad SMARTS) is 1. The second kappa shape index (κ2) is 10.1. The molecule has 0 radical (unpaired) electrons. The molecule has 0 saturated carbocycles. The van der Waals surface area contributed by atoms with Crippen molar-refractivity contribution in [3.8, 4) is 23.1 Å². The molecule has 1 aliphatic rings. The zero-order chi connectivity index (χ0) is 28.7. The molecule has 2 N–H and O–H groups in total. The molecule has 1 aliphatic heterocycles. The molecule has 11 heteroatoms. The summed E-state index contributed by atoms with van der Waals surface area (Å²) < 4.78 is 10.9. The van der Waals surface area contributed by atoms with E-state index in [-0.39, 0.29) is 22.3 Å². The number of fused-ring (bicyclic) bond motifs is 1. The van der Waals surface area contributed by atoms with Crippen LogP contribution in [0.5, 0.6) is 5.75 Å². The number of hydrogen-bond acceptors (Lipinski definition) is 8. The predicted molar refractivity (Wildman–Crippen MR) is 147 cm³/mol. The monoisotopic (exact) mass is 549 g/mol. The Bertz CT molecular complexity index is 1520. The summed E-state index contributed by atoms with van der Waals surface area (Å²) in [7, 11) is 1.41. The first-order chi connectivity index (χ1) is 18.2. The van der Waals surface area contributed by atoms with Gasteiger partial charge in [-0.15, -0.1) is 0 Å². The number of hydrogen-bond donors (Lipinski definition) is 2. The van der Waals surface area contributed by atoms with Gasteiger partial charge in [0.1, 0.15) is 17.4 Å². The summed E-state index contributed by atoms with van der Waals surface area (Å²) in [6.07, 6.45) is 1.05. The number of benzene rings is 2. The Labute approximate surface area is 231 Å². The molecule has 0 unspecified atom stereocenters. The molecule has 1 amide bonds. The standard InChI is InChI=1S/C28H28ClN5O5/c1-27(2,3)39-26(37)34-14-28(4,5)18-10-15(9-16(13-30)23(18)34)20-7-8-31-25(32-20)33-21-12-19(29)17(24(35)36)11-22(21)38-6/h7-12H,14H2,1-6H3,(H,35,36)(H,31,32,33). The van der Waals surface area contributed by atoms with Gasteiger partial charge in [-0.1, -0.05) is 25.4 Å². The zero-order valence-electron chi connectivity index (χ0n) is 22.4. The molecule has 0 fully saturated rings. The first-order valence-electron chi connectivity index (χ1n) is 12.0. The van der Waals surface area contributed by atoms with Gasteiger partial charge in [-0.2, -0.15) is 5.26 Å². The van der Waals surface area contributed by atoms with Crippen molar-refractivity contribution in [2.24, 2.45) is 0 Å². The van der Waals surface area contributed by atoms with E-state index in [9.17, 15) is 20.0 Å². The van der Waals surface area contributed by atoms with Gasteiger partial charge < -0.3 is 19.9 Å². The van der Waals surface area contributed by atoms with E-state index in [4.69, 9.17) is 21.1 Å². The van der Waals surface area contributed by atoms with Crippen molar-refractivity contribution in [1.29, 1.82) is 5.26 Å². The lowest BCUT2D eigenvalue weighted by Gasteiger charge is -2.26. The summed E-state index contributed by atoms with van der Waals surface area (Å²) in [5, 5.41) is 22.4. The number of ether oxygens (including phenoxy) is 2. The van der Waals surface area contributed by atoms with E-state index in [1.807, 2.05) is 19.9 Å². The molecule has 0 spiro atoms. The Balaban J connectivity index is 1.74. The molecule has 1 aromatic heterocycles. The molecule has 2 heterocycles. The van der Waals surface area contributed by atoms with E-state index < -0.39 is 23.1 Å². The van der Waals surface area contributed by atoms with E-state index in [0.717, 1.165) is 5.56 Å². The lowest BCUT2D eigenvalue weighted by Crippen LogP contribution is -2.38. The average Bonchev–Trinajstić information content (AvgIpc) is 3.13. The number of amides is 1. The summed E-state index contributed by atoms with van der Waals surface area (Å²) in [5.74, 6) is -0.723. The number of nitrogens with zero attached hydrogens (tertiary/aromatic N) is 4. The van der Waals surface area contributed by atoms with Crippen LogP contribution in [0.3, 0.4) is 0 Å². The van der Waals surface area contributed by atoms with Crippen LogP contribution in [0, 0.1) is 11.3 Å². The van der Waals surface area contributed by atoms with Crippen molar-refractivity contribution >= 4 is 41.0 Å². The van der Waals surface area contributed by atoms with Gasteiger partial charge in [0.2, 0.25) is 5.95 Å². The quantitative estimate of drug-likeness (QED) is 0.383. The van der Waals surface area contributed by atoms with Crippen LogP contribution in [0.15, 0.2) is 36.5 Å². The van der Waals surface area contributed by atoms with E-state index in [2.05, 4.69) is 21.4 Å². The van der Waals surface area contributed by atoms with E-state index in [1.165, 1.54) is 24.1 Å². The maximum Gasteiger partial charge on any atom is 0.414 e. The van der Waals surface area contributed by atoms with Crippen LogP contribution in [-0.4, -0.2) is 46.4 Å². The highest BCUT2D eigenvalue weighted by molar-refractivity contribution is 6.34. The zero-order valence-corrected chi connectivity index (χ0v) is 23.2. The number of halogens is 1. The molecule has 39 heavy (non-hydrogen) atoms. The van der Waals surface area contributed by atoms with Gasteiger partial charge in [0.05, 0.1) is 40.3 Å². The summed E-state index contributed by atoms with van der Waals surface area (Å²) in [4.78, 5) is 34.8. The molecule has 4 rings (SSSR count). The molecule has 0 bridgehead atoms. The van der Waals surface area contributed by atoms with Crippen molar-refractivity contribution in [3.63, 3.8) is 0 Å². The highest BCUT2D eigenvalue weighted by Crippen LogP contribution is 2.45. The molecular weight excluding hydrogens is 522 g/mol. The second-order valence-electron chi connectivity index (χ2n) is 10.7. The van der Waals surface area contributed by atoms with E-state index in [0.29, 0.717) is 34.7 Å². The number of carboxylic acids is 1. The highest BCUT2D eigenvalue weighted by atomic mass is 35.5. The van der Waals surface area contributed by atoms with E-state index in [1.54, 1.807) is 39.1 Å². The van der Waals surface area contributed by atoms with Gasteiger partial charge in [0.25, 0.3) is 0 Å². The Morgan fingerprint density at radius 3 is 2.56 bits per heavy atom. The number of aromatic nitrogens is 2. The van der Waals surface area contributed by atoms with Crippen LogP contribution in [0.1, 0.15) is 56.1 Å².